The lowest BCUT2D eigenvalue weighted by Gasteiger charge is -2.07. The van der Waals surface area contributed by atoms with Gasteiger partial charge in [-0.1, -0.05) is 36.4 Å². The highest BCUT2D eigenvalue weighted by molar-refractivity contribution is 5.89. The summed E-state index contributed by atoms with van der Waals surface area (Å²) in [6.07, 6.45) is -1.00. The molecule has 0 aliphatic heterocycles. The third-order valence-corrected chi connectivity index (χ3v) is 3.87. The molecule has 10 heteroatoms. The molecule has 0 saturated carbocycles. The van der Waals surface area contributed by atoms with Crippen molar-refractivity contribution in [2.45, 2.75) is 6.61 Å². The van der Waals surface area contributed by atoms with E-state index in [1.165, 1.54) is 24.3 Å². The minimum atomic E-state index is -1.00. The number of carbonyl (C=O) groups is 2. The molecule has 0 aliphatic rings. The van der Waals surface area contributed by atoms with Crippen LogP contribution in [0.15, 0.2) is 89.3 Å². The lowest BCUT2D eigenvalue weighted by Crippen LogP contribution is -2.10. The van der Waals surface area contributed by atoms with Crippen LogP contribution < -0.4 is 4.74 Å². The molecular weight excluding hydrogens is 406 g/mol. The fourth-order valence-electron chi connectivity index (χ4n) is 2.36. The van der Waals surface area contributed by atoms with Crippen molar-refractivity contribution in [2.24, 2.45) is 10.4 Å². The number of hydrogen-bond acceptors (Lipinski definition) is 9. The molecule has 0 N–H and O–H groups in total. The number of rotatable bonds is 7. The molecule has 0 amide bonds. The third-order valence-electron chi connectivity index (χ3n) is 3.87. The van der Waals surface area contributed by atoms with Crippen LogP contribution in [0.3, 0.4) is 0 Å². The van der Waals surface area contributed by atoms with Crippen LogP contribution in [0, 0.1) is 10.1 Å². The SMILES string of the molecule is O=C(OCc1ccccc1N=NOC(=O)c1ccccc1)Oc1ccc([N+](=O)[O-])cc1. The molecule has 0 unspecified atom stereocenters. The number of nitro groups is 1. The van der Waals surface area contributed by atoms with Crippen molar-refractivity contribution in [1.82, 2.24) is 0 Å². The predicted octanol–water partition coefficient (Wildman–Crippen LogP) is 5.17. The summed E-state index contributed by atoms with van der Waals surface area (Å²) in [5.41, 5.74) is 1.01. The molecule has 0 aromatic heterocycles. The van der Waals surface area contributed by atoms with Crippen LogP contribution >= 0.6 is 0 Å². The van der Waals surface area contributed by atoms with Crippen molar-refractivity contribution in [1.29, 1.82) is 0 Å². The zero-order chi connectivity index (χ0) is 22.1. The Kier molecular flexibility index (Phi) is 6.99. The molecular formula is C21H15N3O7. The van der Waals surface area contributed by atoms with Gasteiger partial charge in [-0.25, -0.2) is 9.59 Å². The zero-order valence-corrected chi connectivity index (χ0v) is 15.9. The van der Waals surface area contributed by atoms with Crippen molar-refractivity contribution in [3.05, 3.63) is 100 Å². The van der Waals surface area contributed by atoms with Gasteiger partial charge in [-0.2, -0.15) is 0 Å². The summed E-state index contributed by atoms with van der Waals surface area (Å²) in [5.74, 6) is -0.568. The molecule has 0 atom stereocenters. The van der Waals surface area contributed by atoms with E-state index in [-0.39, 0.29) is 18.0 Å². The molecule has 0 spiro atoms. The van der Waals surface area contributed by atoms with E-state index in [0.717, 1.165) is 0 Å². The Balaban J connectivity index is 1.55. The van der Waals surface area contributed by atoms with Crippen molar-refractivity contribution in [3.8, 4) is 5.75 Å². The van der Waals surface area contributed by atoms with Gasteiger partial charge in [0.1, 0.15) is 12.4 Å². The Morgan fingerprint density at radius 2 is 1.58 bits per heavy atom. The standard InChI is InChI=1S/C21H15N3O7/c25-20(15-6-2-1-3-7-15)31-23-22-19-9-5-4-8-16(19)14-29-21(26)30-18-12-10-17(11-13-18)24(27)28/h1-13H,14H2. The number of ether oxygens (including phenoxy) is 2. The summed E-state index contributed by atoms with van der Waals surface area (Å²) in [5, 5.41) is 17.9. The number of hydrogen-bond donors (Lipinski definition) is 0. The Hall–Kier alpha value is -4.60. The molecule has 0 bridgehead atoms. The highest BCUT2D eigenvalue weighted by Gasteiger charge is 2.11. The summed E-state index contributed by atoms with van der Waals surface area (Å²) < 4.78 is 10.0. The first kappa shape index (κ1) is 21.1. The second kappa shape index (κ2) is 10.3. The molecule has 10 nitrogen and oxygen atoms in total. The van der Waals surface area contributed by atoms with Gasteiger partial charge in [0.25, 0.3) is 5.69 Å². The van der Waals surface area contributed by atoms with E-state index >= 15 is 0 Å². The van der Waals surface area contributed by atoms with Crippen molar-refractivity contribution in [2.75, 3.05) is 0 Å². The number of nitrogens with zero attached hydrogens (tertiary/aromatic N) is 3. The van der Waals surface area contributed by atoms with Crippen LogP contribution in [0.2, 0.25) is 0 Å². The van der Waals surface area contributed by atoms with E-state index in [0.29, 0.717) is 16.8 Å². The van der Waals surface area contributed by atoms with E-state index < -0.39 is 17.0 Å². The second-order valence-corrected chi connectivity index (χ2v) is 5.95. The average molecular weight is 421 g/mol. The number of nitro benzene ring substituents is 1. The first-order chi connectivity index (χ1) is 15.0. The molecule has 3 aromatic rings. The van der Waals surface area contributed by atoms with Crippen LogP contribution in [0.25, 0.3) is 0 Å². The normalized spacial score (nSPS) is 10.5. The smallest absolute Gasteiger partial charge is 0.429 e. The van der Waals surface area contributed by atoms with E-state index in [1.807, 2.05) is 0 Å². The van der Waals surface area contributed by atoms with Crippen molar-refractivity contribution in [3.63, 3.8) is 0 Å². The molecule has 0 heterocycles. The van der Waals surface area contributed by atoms with Gasteiger partial charge in [-0.05, 0) is 30.3 Å². The Bertz CT molecular complexity index is 1100. The molecule has 3 rings (SSSR count). The van der Waals surface area contributed by atoms with E-state index in [1.54, 1.807) is 54.6 Å². The topological polar surface area (TPSA) is 130 Å². The Morgan fingerprint density at radius 3 is 2.29 bits per heavy atom. The fraction of sp³-hybridized carbons (Fsp3) is 0.0476. The van der Waals surface area contributed by atoms with Crippen LogP contribution in [-0.2, 0) is 16.2 Å². The lowest BCUT2D eigenvalue weighted by molar-refractivity contribution is -0.384. The van der Waals surface area contributed by atoms with Crippen molar-refractivity contribution < 1.29 is 28.8 Å². The third kappa shape index (κ3) is 6.19. The van der Waals surface area contributed by atoms with Gasteiger partial charge in [-0.15, -0.1) is 5.11 Å². The van der Waals surface area contributed by atoms with Crippen LogP contribution in [-0.4, -0.2) is 17.0 Å². The fourth-order valence-corrected chi connectivity index (χ4v) is 2.36. The predicted molar refractivity (Wildman–Crippen MR) is 107 cm³/mol. The lowest BCUT2D eigenvalue weighted by atomic mass is 10.2. The second-order valence-electron chi connectivity index (χ2n) is 5.95. The average Bonchev–Trinajstić information content (AvgIpc) is 2.79. The summed E-state index contributed by atoms with van der Waals surface area (Å²) in [6, 6.07) is 19.9. The first-order valence-electron chi connectivity index (χ1n) is 8.87. The van der Waals surface area contributed by atoms with Crippen molar-refractivity contribution >= 4 is 23.5 Å². The zero-order valence-electron chi connectivity index (χ0n) is 15.9. The van der Waals surface area contributed by atoms with E-state index in [2.05, 4.69) is 10.4 Å². The maximum atomic E-state index is 11.9. The Morgan fingerprint density at radius 1 is 0.903 bits per heavy atom. The van der Waals surface area contributed by atoms with Gasteiger partial charge >= 0.3 is 12.1 Å². The minimum absolute atomic E-state index is 0.0939. The first-order valence-corrected chi connectivity index (χ1v) is 8.87. The monoisotopic (exact) mass is 421 g/mol. The van der Waals surface area contributed by atoms with E-state index in [4.69, 9.17) is 14.3 Å². The molecule has 0 radical (unpaired) electrons. The van der Waals surface area contributed by atoms with Crippen LogP contribution in [0.1, 0.15) is 15.9 Å². The highest BCUT2D eigenvalue weighted by Crippen LogP contribution is 2.21. The molecule has 31 heavy (non-hydrogen) atoms. The Labute approximate surface area is 175 Å². The van der Waals surface area contributed by atoms with Gasteiger partial charge in [-0.3, -0.25) is 15.0 Å². The number of benzene rings is 3. The number of carbonyl (C=O) groups excluding carboxylic acids is 2. The summed E-state index contributed by atoms with van der Waals surface area (Å²) in [4.78, 5) is 38.6. The van der Waals surface area contributed by atoms with Gasteiger partial charge < -0.3 is 9.47 Å². The molecule has 156 valence electrons. The van der Waals surface area contributed by atoms with E-state index in [9.17, 15) is 19.7 Å². The molecule has 0 saturated heterocycles. The minimum Gasteiger partial charge on any atom is -0.429 e. The highest BCUT2D eigenvalue weighted by atomic mass is 16.7. The summed E-state index contributed by atoms with van der Waals surface area (Å²) in [6.45, 7) is -0.187. The summed E-state index contributed by atoms with van der Waals surface area (Å²) in [7, 11) is 0. The maximum absolute atomic E-state index is 11.9. The molecule has 0 aliphatic carbocycles. The van der Waals surface area contributed by atoms with Gasteiger partial charge in [0.2, 0.25) is 0 Å². The maximum Gasteiger partial charge on any atom is 0.514 e. The van der Waals surface area contributed by atoms with Gasteiger partial charge in [0.05, 0.1) is 16.2 Å². The molecule has 0 fully saturated rings. The van der Waals surface area contributed by atoms with Crippen LogP contribution in [0.4, 0.5) is 16.2 Å². The summed E-state index contributed by atoms with van der Waals surface area (Å²) >= 11 is 0. The largest absolute Gasteiger partial charge is 0.514 e. The molecule has 3 aromatic carbocycles. The number of non-ortho nitro benzene ring substituents is 1. The van der Waals surface area contributed by atoms with Gasteiger partial charge in [0, 0.05) is 23.0 Å². The van der Waals surface area contributed by atoms with Gasteiger partial charge in [0.15, 0.2) is 0 Å². The van der Waals surface area contributed by atoms with Crippen LogP contribution in [0.5, 0.6) is 5.75 Å². The quantitative estimate of drug-likeness (QED) is 0.169.